The summed E-state index contributed by atoms with van der Waals surface area (Å²) >= 11 is 0. The molecule has 2 aliphatic carbocycles. The van der Waals surface area contributed by atoms with Gasteiger partial charge in [-0.25, -0.2) is 9.78 Å². The van der Waals surface area contributed by atoms with Gasteiger partial charge in [0.25, 0.3) is 0 Å². The number of nitrogens with zero attached hydrogens (tertiary/aromatic N) is 2. The summed E-state index contributed by atoms with van der Waals surface area (Å²) in [6, 6.07) is 0. The number of aliphatic hydroxyl groups is 1. The summed E-state index contributed by atoms with van der Waals surface area (Å²) in [5, 5.41) is 10.8. The second kappa shape index (κ2) is 11.6. The smallest absolute Gasteiger partial charge is 0.331 e. The lowest BCUT2D eigenvalue weighted by atomic mass is 9.64. The molecule has 0 amide bonds. The van der Waals surface area contributed by atoms with Gasteiger partial charge in [0.05, 0.1) is 12.0 Å². The van der Waals surface area contributed by atoms with Gasteiger partial charge in [0.1, 0.15) is 18.3 Å². The fraction of sp³-hybridized carbons (Fsp3) is 0.593. The number of allylic oxidation sites excluding steroid dienone is 2. The van der Waals surface area contributed by atoms with Crippen molar-refractivity contribution in [2.24, 2.45) is 30.7 Å². The highest BCUT2D eigenvalue weighted by molar-refractivity contribution is 5.86. The van der Waals surface area contributed by atoms with Crippen molar-refractivity contribution in [1.82, 2.24) is 9.55 Å². The van der Waals surface area contributed by atoms with Crippen molar-refractivity contribution in [2.75, 3.05) is 0 Å². The highest BCUT2D eigenvalue weighted by Crippen LogP contribution is 2.45. The van der Waals surface area contributed by atoms with Crippen LogP contribution in [0.15, 0.2) is 42.4 Å². The Morgan fingerprint density at radius 3 is 2.65 bits per heavy atom. The van der Waals surface area contributed by atoms with Crippen LogP contribution in [0.2, 0.25) is 0 Å². The molecule has 0 unspecified atom stereocenters. The Kier molecular flexibility index (Phi) is 8.89. The first-order valence-corrected chi connectivity index (χ1v) is 12.2. The molecular formula is C27H38N2O5. The highest BCUT2D eigenvalue weighted by atomic mass is 16.6. The predicted molar refractivity (Wildman–Crippen MR) is 130 cm³/mol. The van der Waals surface area contributed by atoms with Gasteiger partial charge in [-0.15, -0.1) is 0 Å². The van der Waals surface area contributed by atoms with Gasteiger partial charge in [-0.3, -0.25) is 4.79 Å². The van der Waals surface area contributed by atoms with Crippen molar-refractivity contribution in [3.63, 3.8) is 0 Å². The SMILES string of the molecule is CC(=O)O[C@@H]1C[C@@H]2[C@@H](C(C)C)CC=C(C)[C@@H]2C[C@H](OC(=O)C=Cc2cn(C)cn2)CC=C[C@@H]1O. The monoisotopic (exact) mass is 470 g/mol. The normalized spacial score (nSPS) is 30.0. The Morgan fingerprint density at radius 2 is 2.00 bits per heavy atom. The molecule has 1 heterocycles. The lowest BCUT2D eigenvalue weighted by molar-refractivity contribution is -0.153. The number of rotatable bonds is 5. The van der Waals surface area contributed by atoms with E-state index in [9.17, 15) is 14.7 Å². The molecular weight excluding hydrogens is 432 g/mol. The van der Waals surface area contributed by atoms with E-state index in [4.69, 9.17) is 9.47 Å². The summed E-state index contributed by atoms with van der Waals surface area (Å²) in [6.07, 6.45) is 13.2. The first-order valence-electron chi connectivity index (χ1n) is 12.2. The van der Waals surface area contributed by atoms with Gasteiger partial charge in [0.2, 0.25) is 0 Å². The number of hydrogen-bond acceptors (Lipinski definition) is 6. The number of hydrogen-bond donors (Lipinski definition) is 1. The summed E-state index contributed by atoms with van der Waals surface area (Å²) in [4.78, 5) is 28.6. The van der Waals surface area contributed by atoms with Crippen LogP contribution in [-0.4, -0.2) is 44.9 Å². The van der Waals surface area contributed by atoms with E-state index in [1.54, 1.807) is 18.5 Å². The number of carbonyl (C=O) groups excluding carboxylic acids is 2. The van der Waals surface area contributed by atoms with Crippen molar-refractivity contribution >= 4 is 18.0 Å². The number of aryl methyl sites for hydroxylation is 1. The number of fused-ring (bicyclic) bond motifs is 1. The van der Waals surface area contributed by atoms with Crippen LogP contribution in [-0.2, 0) is 26.1 Å². The number of aromatic nitrogens is 2. The molecule has 0 bridgehead atoms. The number of carbonyl (C=O) groups is 2. The quantitative estimate of drug-likeness (QED) is 0.393. The van der Waals surface area contributed by atoms with Gasteiger partial charge in [0.15, 0.2) is 0 Å². The van der Waals surface area contributed by atoms with E-state index in [2.05, 4.69) is 31.8 Å². The maximum absolute atomic E-state index is 12.6. The minimum Gasteiger partial charge on any atom is -0.459 e. The Morgan fingerprint density at radius 1 is 1.24 bits per heavy atom. The van der Waals surface area contributed by atoms with Crippen molar-refractivity contribution in [3.8, 4) is 0 Å². The first-order chi connectivity index (χ1) is 16.1. The van der Waals surface area contributed by atoms with E-state index in [1.165, 1.54) is 18.6 Å². The third-order valence-corrected chi connectivity index (χ3v) is 7.07. The molecule has 0 spiro atoms. The number of imidazole rings is 1. The molecule has 0 radical (unpaired) electrons. The van der Waals surface area contributed by atoms with E-state index in [-0.39, 0.29) is 23.9 Å². The van der Waals surface area contributed by atoms with Gasteiger partial charge in [-0.1, -0.05) is 37.6 Å². The van der Waals surface area contributed by atoms with Gasteiger partial charge >= 0.3 is 11.9 Å². The van der Waals surface area contributed by atoms with Gasteiger partial charge in [0, 0.05) is 32.7 Å². The number of aliphatic hydroxyl groups excluding tert-OH is 1. The zero-order chi connectivity index (χ0) is 24.8. The summed E-state index contributed by atoms with van der Waals surface area (Å²) in [5.74, 6) is 0.419. The van der Waals surface area contributed by atoms with Crippen LogP contribution < -0.4 is 0 Å². The second-order valence-corrected chi connectivity index (χ2v) is 9.99. The second-order valence-electron chi connectivity index (χ2n) is 9.99. The van der Waals surface area contributed by atoms with Gasteiger partial charge < -0.3 is 19.1 Å². The highest BCUT2D eigenvalue weighted by Gasteiger charge is 2.40. The Hall–Kier alpha value is -2.67. The van der Waals surface area contributed by atoms with E-state index in [0.717, 1.165) is 6.42 Å². The molecule has 2 aliphatic rings. The zero-order valence-corrected chi connectivity index (χ0v) is 20.9. The summed E-state index contributed by atoms with van der Waals surface area (Å²) in [7, 11) is 1.87. The maximum atomic E-state index is 12.6. The van der Waals surface area contributed by atoms with Crippen LogP contribution >= 0.6 is 0 Å². The topological polar surface area (TPSA) is 90.7 Å². The van der Waals surface area contributed by atoms with E-state index >= 15 is 0 Å². The molecule has 1 aromatic heterocycles. The van der Waals surface area contributed by atoms with Crippen LogP contribution in [0.5, 0.6) is 0 Å². The van der Waals surface area contributed by atoms with Crippen molar-refractivity contribution < 1.29 is 24.2 Å². The lowest BCUT2D eigenvalue weighted by Gasteiger charge is -2.43. The molecule has 0 aromatic carbocycles. The Bertz CT molecular complexity index is 945. The molecule has 186 valence electrons. The average molecular weight is 471 g/mol. The van der Waals surface area contributed by atoms with Crippen molar-refractivity contribution in [2.45, 2.75) is 71.7 Å². The molecule has 34 heavy (non-hydrogen) atoms. The molecule has 0 aliphatic heterocycles. The molecule has 6 atom stereocenters. The van der Waals surface area contributed by atoms with E-state index in [0.29, 0.717) is 36.8 Å². The first kappa shape index (κ1) is 25.9. The molecule has 0 saturated carbocycles. The predicted octanol–water partition coefficient (Wildman–Crippen LogP) is 4.23. The third-order valence-electron chi connectivity index (χ3n) is 7.07. The van der Waals surface area contributed by atoms with Crippen LogP contribution in [0, 0.1) is 23.7 Å². The zero-order valence-electron chi connectivity index (χ0n) is 20.9. The fourth-order valence-corrected chi connectivity index (χ4v) is 5.33. The van der Waals surface area contributed by atoms with Crippen LogP contribution in [0.25, 0.3) is 6.08 Å². The fourth-order valence-electron chi connectivity index (χ4n) is 5.33. The van der Waals surface area contributed by atoms with Crippen molar-refractivity contribution in [1.29, 1.82) is 0 Å². The molecule has 3 rings (SSSR count). The molecule has 0 saturated heterocycles. The van der Waals surface area contributed by atoms with Gasteiger partial charge in [-0.2, -0.15) is 0 Å². The minimum absolute atomic E-state index is 0.176. The van der Waals surface area contributed by atoms with Crippen LogP contribution in [0.1, 0.15) is 59.1 Å². The maximum Gasteiger partial charge on any atom is 0.331 e. The molecule has 1 aromatic rings. The molecule has 7 heteroatoms. The lowest BCUT2D eigenvalue weighted by Crippen LogP contribution is -2.40. The third kappa shape index (κ3) is 6.92. The number of esters is 2. The van der Waals surface area contributed by atoms with Crippen LogP contribution in [0.4, 0.5) is 0 Å². The Labute approximate surface area is 202 Å². The summed E-state index contributed by atoms with van der Waals surface area (Å²) in [6.45, 7) is 7.94. The molecule has 7 nitrogen and oxygen atoms in total. The molecule has 0 fully saturated rings. The molecule has 1 N–H and O–H groups in total. The van der Waals surface area contributed by atoms with E-state index in [1.807, 2.05) is 23.9 Å². The standard InChI is InChI=1S/C27H38N2O5/c1-17(2)22-11-9-18(3)23-13-21(34-27(32)12-10-20-15-29(5)16-28-20)7-6-8-25(31)26(14-24(22)23)33-19(4)30/h6,8-10,12,15-17,21-26,31H,7,11,13-14H2,1-5H3/t21-,22-,23+,24-,25+,26-/m1/s1. The Balaban J connectivity index is 1.84. The summed E-state index contributed by atoms with van der Waals surface area (Å²) in [5.41, 5.74) is 1.96. The van der Waals surface area contributed by atoms with Gasteiger partial charge in [-0.05, 0) is 55.9 Å². The minimum atomic E-state index is -0.901. The number of ether oxygens (including phenoxy) is 2. The van der Waals surface area contributed by atoms with E-state index < -0.39 is 18.2 Å². The van der Waals surface area contributed by atoms with Crippen molar-refractivity contribution in [3.05, 3.63) is 48.1 Å². The largest absolute Gasteiger partial charge is 0.459 e. The average Bonchev–Trinajstić information content (AvgIpc) is 3.18. The summed E-state index contributed by atoms with van der Waals surface area (Å²) < 4.78 is 13.2. The van der Waals surface area contributed by atoms with Crippen LogP contribution in [0.3, 0.4) is 0 Å².